The van der Waals surface area contributed by atoms with Crippen LogP contribution in [0.1, 0.15) is 0 Å². The van der Waals surface area contributed by atoms with Crippen molar-refractivity contribution < 1.29 is 45.7 Å². The summed E-state index contributed by atoms with van der Waals surface area (Å²) in [5, 5.41) is 8.35. The van der Waals surface area contributed by atoms with E-state index in [1.165, 1.54) is 0 Å². The van der Waals surface area contributed by atoms with E-state index in [1.54, 1.807) is 0 Å². The van der Waals surface area contributed by atoms with Crippen LogP contribution in [-0.2, 0) is 14.3 Å². The minimum atomic E-state index is -5.75. The third-order valence-corrected chi connectivity index (χ3v) is 1.49. The highest BCUT2D eigenvalue weighted by molar-refractivity contribution is 5.72. The topological polar surface area (TPSA) is 55.8 Å². The average Bonchev–Trinajstić information content (AvgIpc) is 2.07. The number of methoxy groups -OCH3 is 1. The van der Waals surface area contributed by atoms with Gasteiger partial charge >= 0.3 is 18.3 Å². The molecule has 17 heavy (non-hydrogen) atoms. The fraction of sp³-hybridized carbons (Fsp3) is 0.857. The van der Waals surface area contributed by atoms with Crippen molar-refractivity contribution in [2.45, 2.75) is 24.6 Å². The average molecular weight is 270 g/mol. The molecule has 0 rings (SSSR count). The molecule has 102 valence electrons. The van der Waals surface area contributed by atoms with Crippen LogP contribution in [0, 0.1) is 0 Å². The molecule has 0 aliphatic heterocycles. The number of ether oxygens (including phenoxy) is 2. The molecule has 0 bridgehead atoms. The van der Waals surface area contributed by atoms with Crippen molar-refractivity contribution in [1.29, 1.82) is 0 Å². The zero-order valence-corrected chi connectivity index (χ0v) is 8.30. The molecule has 1 N–H and O–H groups in total. The molecule has 4 nitrogen and oxygen atoms in total. The largest absolute Gasteiger partial charge is 0.479 e. The Morgan fingerprint density at radius 2 is 1.59 bits per heavy atom. The van der Waals surface area contributed by atoms with Crippen LogP contribution in [0.5, 0.6) is 0 Å². The highest BCUT2D eigenvalue weighted by atomic mass is 19.4. The molecule has 1 unspecified atom stereocenters. The Bertz CT molecular complexity index is 246. The van der Waals surface area contributed by atoms with E-state index in [9.17, 15) is 31.1 Å². The summed E-state index contributed by atoms with van der Waals surface area (Å²) in [5.74, 6) is -1.98. The van der Waals surface area contributed by atoms with Gasteiger partial charge in [-0.3, -0.25) is 0 Å². The maximum absolute atomic E-state index is 12.0. The van der Waals surface area contributed by atoms with Gasteiger partial charge in [-0.15, -0.1) is 0 Å². The maximum atomic E-state index is 12.0. The quantitative estimate of drug-likeness (QED) is 0.771. The minimum Gasteiger partial charge on any atom is -0.479 e. The van der Waals surface area contributed by atoms with E-state index in [2.05, 4.69) is 9.47 Å². The lowest BCUT2D eigenvalue weighted by Crippen LogP contribution is -2.48. The number of carboxylic acids is 1. The van der Waals surface area contributed by atoms with Crippen molar-refractivity contribution in [1.82, 2.24) is 0 Å². The maximum Gasteiger partial charge on any atom is 0.423 e. The second-order valence-electron chi connectivity index (χ2n) is 2.88. The zero-order chi connectivity index (χ0) is 13.9. The molecule has 10 heteroatoms. The van der Waals surface area contributed by atoms with Gasteiger partial charge in [0, 0.05) is 7.11 Å². The predicted molar refractivity (Wildman–Crippen MR) is 40.3 cm³/mol. The third kappa shape index (κ3) is 5.22. The molecule has 1 atom stereocenters. The fourth-order valence-corrected chi connectivity index (χ4v) is 0.824. The molecule has 0 radical (unpaired) electrons. The zero-order valence-electron chi connectivity index (χ0n) is 8.30. The molecule has 0 aliphatic carbocycles. The Morgan fingerprint density at radius 3 is 1.82 bits per heavy atom. The molecule has 0 fully saturated rings. The molecule has 0 aromatic rings. The highest BCUT2D eigenvalue weighted by Crippen LogP contribution is 2.36. The molecular formula is C7H8F6O4. The van der Waals surface area contributed by atoms with Crippen molar-refractivity contribution in [2.24, 2.45) is 0 Å². The minimum absolute atomic E-state index is 0.912. The van der Waals surface area contributed by atoms with Crippen LogP contribution >= 0.6 is 0 Å². The molecular weight excluding hydrogens is 262 g/mol. The summed E-state index contributed by atoms with van der Waals surface area (Å²) in [6, 6.07) is 0. The number of halogens is 6. The Balaban J connectivity index is 4.91. The first-order valence-electron chi connectivity index (χ1n) is 4.00. The van der Waals surface area contributed by atoms with Gasteiger partial charge in [-0.25, -0.2) is 4.79 Å². The van der Waals surface area contributed by atoms with Crippen LogP contribution in [0.15, 0.2) is 0 Å². The molecule has 0 amide bonds. The first-order valence-corrected chi connectivity index (χ1v) is 4.00. The molecule has 0 saturated carbocycles. The van der Waals surface area contributed by atoms with Crippen LogP contribution < -0.4 is 0 Å². The first kappa shape index (κ1) is 16.0. The predicted octanol–water partition coefficient (Wildman–Crippen LogP) is 1.60. The summed E-state index contributed by atoms with van der Waals surface area (Å²) < 4.78 is 79.7. The van der Waals surface area contributed by atoms with Gasteiger partial charge < -0.3 is 14.6 Å². The summed E-state index contributed by atoms with van der Waals surface area (Å²) >= 11 is 0. The lowest BCUT2D eigenvalue weighted by Gasteiger charge is -2.25. The number of hydrogen-bond acceptors (Lipinski definition) is 3. The van der Waals surface area contributed by atoms with E-state index in [-0.39, 0.29) is 0 Å². The summed E-state index contributed by atoms with van der Waals surface area (Å²) in [6.45, 7) is -0.933. The second-order valence-corrected chi connectivity index (χ2v) is 2.88. The fourth-order valence-electron chi connectivity index (χ4n) is 0.824. The van der Waals surface area contributed by atoms with Crippen molar-refractivity contribution in [2.75, 3.05) is 13.7 Å². The van der Waals surface area contributed by atoms with Gasteiger partial charge in [0.25, 0.3) is 0 Å². The van der Waals surface area contributed by atoms with Crippen LogP contribution in [0.3, 0.4) is 0 Å². The first-order chi connectivity index (χ1) is 7.50. The van der Waals surface area contributed by atoms with Crippen molar-refractivity contribution >= 4 is 5.97 Å². The third-order valence-electron chi connectivity index (χ3n) is 1.49. The number of aliphatic carboxylic acids is 1. The SMILES string of the molecule is COCC(OC(C(F)(F)F)C(F)(F)F)C(=O)O. The summed E-state index contributed by atoms with van der Waals surface area (Å²) in [6.07, 6.45) is -18.0. The monoisotopic (exact) mass is 270 g/mol. The number of hydrogen-bond donors (Lipinski definition) is 1. The van der Waals surface area contributed by atoms with Gasteiger partial charge in [0.2, 0.25) is 6.10 Å². The molecule has 0 aromatic heterocycles. The highest BCUT2D eigenvalue weighted by Gasteiger charge is 2.59. The van der Waals surface area contributed by atoms with Gasteiger partial charge in [0.05, 0.1) is 6.61 Å². The lowest BCUT2D eigenvalue weighted by atomic mass is 10.3. The molecule has 0 saturated heterocycles. The molecule has 0 aliphatic rings. The van der Waals surface area contributed by atoms with E-state index in [4.69, 9.17) is 5.11 Å². The summed E-state index contributed by atoms with van der Waals surface area (Å²) in [5.41, 5.74) is 0. The van der Waals surface area contributed by atoms with Gasteiger partial charge in [0.15, 0.2) is 6.10 Å². The molecule has 0 spiro atoms. The van der Waals surface area contributed by atoms with Crippen LogP contribution in [0.2, 0.25) is 0 Å². The number of alkyl halides is 6. The van der Waals surface area contributed by atoms with Crippen LogP contribution in [-0.4, -0.2) is 49.4 Å². The normalized spacial score (nSPS) is 15.1. The molecule has 0 heterocycles. The van der Waals surface area contributed by atoms with Crippen LogP contribution in [0.4, 0.5) is 26.3 Å². The Labute approximate surface area is 91.1 Å². The van der Waals surface area contributed by atoms with E-state index in [1.807, 2.05) is 0 Å². The van der Waals surface area contributed by atoms with E-state index < -0.39 is 37.1 Å². The van der Waals surface area contributed by atoms with Crippen molar-refractivity contribution in [3.8, 4) is 0 Å². The van der Waals surface area contributed by atoms with Gasteiger partial charge in [0.1, 0.15) is 0 Å². The van der Waals surface area contributed by atoms with Gasteiger partial charge in [-0.1, -0.05) is 0 Å². The van der Waals surface area contributed by atoms with E-state index >= 15 is 0 Å². The van der Waals surface area contributed by atoms with Gasteiger partial charge in [-0.2, -0.15) is 26.3 Å². The standard InChI is InChI=1S/C7H8F6O4/c1-16-2-3(4(14)15)17-5(6(8,9)10)7(11,12)13/h3,5H,2H2,1H3,(H,14,15). The second kappa shape index (κ2) is 5.54. The van der Waals surface area contributed by atoms with Crippen molar-refractivity contribution in [3.63, 3.8) is 0 Å². The Morgan fingerprint density at radius 1 is 1.18 bits per heavy atom. The van der Waals surface area contributed by atoms with E-state index in [0.29, 0.717) is 0 Å². The smallest absolute Gasteiger partial charge is 0.423 e. The Hall–Kier alpha value is -1.03. The number of rotatable bonds is 5. The number of carbonyl (C=O) groups is 1. The molecule has 0 aromatic carbocycles. The van der Waals surface area contributed by atoms with Gasteiger partial charge in [-0.05, 0) is 0 Å². The van der Waals surface area contributed by atoms with Crippen LogP contribution in [0.25, 0.3) is 0 Å². The summed E-state index contributed by atoms with van der Waals surface area (Å²) in [7, 11) is 0.912. The van der Waals surface area contributed by atoms with E-state index in [0.717, 1.165) is 7.11 Å². The summed E-state index contributed by atoms with van der Waals surface area (Å²) in [4.78, 5) is 10.3. The lowest BCUT2D eigenvalue weighted by molar-refractivity contribution is -0.330. The number of carboxylic acid groups (broad SMARTS) is 1. The van der Waals surface area contributed by atoms with Crippen molar-refractivity contribution in [3.05, 3.63) is 0 Å². The Kier molecular flexibility index (Phi) is 5.20.